The molecule has 3 heteroatoms. The van der Waals surface area contributed by atoms with Crippen LogP contribution in [0.2, 0.25) is 0 Å². The second-order valence-corrected chi connectivity index (χ2v) is 3.03. The van der Waals surface area contributed by atoms with Crippen molar-refractivity contribution >= 4 is 0 Å². The molecule has 0 bridgehead atoms. The highest BCUT2D eigenvalue weighted by atomic mass is 16.3. The molecular weight excluding hydrogens is 140 g/mol. The van der Waals surface area contributed by atoms with Crippen LogP contribution < -0.4 is 0 Å². The summed E-state index contributed by atoms with van der Waals surface area (Å²) in [6.07, 6.45) is 5.37. The van der Waals surface area contributed by atoms with Crippen molar-refractivity contribution in [2.45, 2.75) is 18.3 Å². The van der Waals surface area contributed by atoms with Crippen molar-refractivity contribution in [3.63, 3.8) is 0 Å². The van der Waals surface area contributed by atoms with Crippen LogP contribution >= 0.6 is 0 Å². The summed E-state index contributed by atoms with van der Waals surface area (Å²) in [7, 11) is 0. The van der Waals surface area contributed by atoms with Gasteiger partial charge in [-0.25, -0.2) is 9.97 Å². The van der Waals surface area contributed by atoms with Crippen LogP contribution in [-0.4, -0.2) is 21.7 Å². The Labute approximate surface area is 65.1 Å². The highest BCUT2D eigenvalue weighted by Gasteiger charge is 2.44. The standard InChI is InChI=1S/C8H10N2O/c11-5-8(2-3-8)7-1-4-9-6-10-7/h1,4,6,11H,2-3,5H2. The van der Waals surface area contributed by atoms with Crippen molar-refractivity contribution in [1.29, 1.82) is 0 Å². The summed E-state index contributed by atoms with van der Waals surface area (Å²) in [4.78, 5) is 7.94. The topological polar surface area (TPSA) is 46.0 Å². The number of hydrogen-bond acceptors (Lipinski definition) is 3. The van der Waals surface area contributed by atoms with Gasteiger partial charge >= 0.3 is 0 Å². The lowest BCUT2D eigenvalue weighted by Gasteiger charge is -2.08. The minimum Gasteiger partial charge on any atom is -0.395 e. The lowest BCUT2D eigenvalue weighted by molar-refractivity contribution is 0.252. The molecule has 3 nitrogen and oxygen atoms in total. The molecule has 0 aliphatic heterocycles. The van der Waals surface area contributed by atoms with E-state index in [1.807, 2.05) is 6.07 Å². The van der Waals surface area contributed by atoms with E-state index in [1.54, 1.807) is 6.20 Å². The third kappa shape index (κ3) is 1.01. The largest absolute Gasteiger partial charge is 0.395 e. The number of aromatic nitrogens is 2. The molecule has 0 spiro atoms. The predicted octanol–water partition coefficient (Wildman–Crippen LogP) is 0.500. The average molecular weight is 150 g/mol. The van der Waals surface area contributed by atoms with Gasteiger partial charge in [-0.05, 0) is 18.9 Å². The lowest BCUT2D eigenvalue weighted by Crippen LogP contribution is -2.13. The fourth-order valence-corrected chi connectivity index (χ4v) is 1.25. The van der Waals surface area contributed by atoms with Crippen LogP contribution in [0.25, 0.3) is 0 Å². The Balaban J connectivity index is 2.30. The van der Waals surface area contributed by atoms with Gasteiger partial charge in [-0.1, -0.05) is 0 Å². The summed E-state index contributed by atoms with van der Waals surface area (Å²) in [5.74, 6) is 0. The van der Waals surface area contributed by atoms with E-state index in [0.29, 0.717) is 0 Å². The fraction of sp³-hybridized carbons (Fsp3) is 0.500. The van der Waals surface area contributed by atoms with Gasteiger partial charge in [-0.2, -0.15) is 0 Å². The van der Waals surface area contributed by atoms with Gasteiger partial charge in [-0.3, -0.25) is 0 Å². The molecule has 1 aromatic heterocycles. The van der Waals surface area contributed by atoms with Crippen molar-refractivity contribution < 1.29 is 5.11 Å². The van der Waals surface area contributed by atoms with Gasteiger partial charge in [0.15, 0.2) is 0 Å². The van der Waals surface area contributed by atoms with Gasteiger partial charge < -0.3 is 5.11 Å². The first kappa shape index (κ1) is 6.73. The third-order valence-corrected chi connectivity index (χ3v) is 2.28. The van der Waals surface area contributed by atoms with E-state index in [2.05, 4.69) is 9.97 Å². The summed E-state index contributed by atoms with van der Waals surface area (Å²) < 4.78 is 0. The van der Waals surface area contributed by atoms with Gasteiger partial charge in [0.2, 0.25) is 0 Å². The van der Waals surface area contributed by atoms with E-state index in [0.717, 1.165) is 18.5 Å². The molecule has 0 saturated heterocycles. The molecule has 0 unspecified atom stereocenters. The molecule has 1 aromatic rings. The maximum atomic E-state index is 9.05. The zero-order valence-electron chi connectivity index (χ0n) is 6.20. The zero-order chi connectivity index (χ0) is 7.73. The quantitative estimate of drug-likeness (QED) is 0.667. The van der Waals surface area contributed by atoms with Crippen molar-refractivity contribution in [3.8, 4) is 0 Å². The molecule has 1 fully saturated rings. The van der Waals surface area contributed by atoms with Gasteiger partial charge in [0, 0.05) is 11.6 Å². The Morgan fingerprint density at radius 2 is 2.36 bits per heavy atom. The lowest BCUT2D eigenvalue weighted by atomic mass is 10.0. The van der Waals surface area contributed by atoms with Crippen molar-refractivity contribution in [2.24, 2.45) is 0 Å². The highest BCUT2D eigenvalue weighted by Crippen LogP contribution is 2.46. The van der Waals surface area contributed by atoms with E-state index in [-0.39, 0.29) is 12.0 Å². The van der Waals surface area contributed by atoms with Gasteiger partial charge in [0.05, 0.1) is 12.3 Å². The van der Waals surface area contributed by atoms with Gasteiger partial charge in [0.1, 0.15) is 6.33 Å². The molecule has 0 aromatic carbocycles. The maximum Gasteiger partial charge on any atom is 0.115 e. The Hall–Kier alpha value is -0.960. The Bertz CT molecular complexity index is 244. The smallest absolute Gasteiger partial charge is 0.115 e. The predicted molar refractivity (Wildman–Crippen MR) is 40.0 cm³/mol. The van der Waals surface area contributed by atoms with Crippen molar-refractivity contribution in [1.82, 2.24) is 9.97 Å². The molecule has 1 aliphatic rings. The molecule has 58 valence electrons. The summed E-state index contributed by atoms with van der Waals surface area (Å²) in [5, 5.41) is 9.05. The van der Waals surface area contributed by atoms with Crippen LogP contribution in [0.5, 0.6) is 0 Å². The molecule has 1 heterocycles. The summed E-state index contributed by atoms with van der Waals surface area (Å²) >= 11 is 0. The van der Waals surface area contributed by atoms with E-state index in [4.69, 9.17) is 5.11 Å². The Morgan fingerprint density at radius 1 is 1.55 bits per heavy atom. The van der Waals surface area contributed by atoms with E-state index < -0.39 is 0 Å². The maximum absolute atomic E-state index is 9.05. The van der Waals surface area contributed by atoms with Crippen molar-refractivity contribution in [2.75, 3.05) is 6.61 Å². The normalized spacial score (nSPS) is 19.7. The second kappa shape index (κ2) is 2.27. The molecule has 1 N–H and O–H groups in total. The van der Waals surface area contributed by atoms with Crippen LogP contribution in [-0.2, 0) is 5.41 Å². The number of nitrogens with zero attached hydrogens (tertiary/aromatic N) is 2. The first-order chi connectivity index (χ1) is 5.37. The van der Waals surface area contributed by atoms with E-state index in [1.165, 1.54) is 6.33 Å². The molecule has 1 aliphatic carbocycles. The number of aliphatic hydroxyl groups excluding tert-OH is 1. The molecule has 0 radical (unpaired) electrons. The van der Waals surface area contributed by atoms with Crippen LogP contribution in [0.1, 0.15) is 18.5 Å². The third-order valence-electron chi connectivity index (χ3n) is 2.28. The SMILES string of the molecule is OCC1(c2ccncn2)CC1. The van der Waals surface area contributed by atoms with Crippen LogP contribution in [0, 0.1) is 0 Å². The second-order valence-electron chi connectivity index (χ2n) is 3.03. The number of aliphatic hydroxyl groups is 1. The first-order valence-electron chi connectivity index (χ1n) is 3.75. The monoisotopic (exact) mass is 150 g/mol. The Kier molecular flexibility index (Phi) is 1.39. The summed E-state index contributed by atoms with van der Waals surface area (Å²) in [6, 6.07) is 1.88. The van der Waals surface area contributed by atoms with Crippen LogP contribution in [0.3, 0.4) is 0 Å². The first-order valence-corrected chi connectivity index (χ1v) is 3.75. The Morgan fingerprint density at radius 3 is 2.82 bits per heavy atom. The van der Waals surface area contributed by atoms with Gasteiger partial charge in [-0.15, -0.1) is 0 Å². The minimum atomic E-state index is -0.0110. The fourth-order valence-electron chi connectivity index (χ4n) is 1.25. The van der Waals surface area contributed by atoms with Crippen LogP contribution in [0.4, 0.5) is 0 Å². The van der Waals surface area contributed by atoms with E-state index in [9.17, 15) is 0 Å². The van der Waals surface area contributed by atoms with Gasteiger partial charge in [0.25, 0.3) is 0 Å². The summed E-state index contributed by atoms with van der Waals surface area (Å²) in [5.41, 5.74) is 0.971. The number of hydrogen-bond donors (Lipinski definition) is 1. The van der Waals surface area contributed by atoms with Crippen LogP contribution in [0.15, 0.2) is 18.6 Å². The van der Waals surface area contributed by atoms with E-state index >= 15 is 0 Å². The highest BCUT2D eigenvalue weighted by molar-refractivity contribution is 5.22. The zero-order valence-corrected chi connectivity index (χ0v) is 6.20. The molecule has 1 saturated carbocycles. The minimum absolute atomic E-state index is 0.0110. The summed E-state index contributed by atoms with van der Waals surface area (Å²) in [6.45, 7) is 0.212. The van der Waals surface area contributed by atoms with Crippen molar-refractivity contribution in [3.05, 3.63) is 24.3 Å². The number of rotatable bonds is 2. The average Bonchev–Trinajstić information content (AvgIpc) is 2.86. The molecule has 0 atom stereocenters. The molecule has 11 heavy (non-hydrogen) atoms. The molecular formula is C8H10N2O. The molecule has 0 amide bonds. The molecule has 2 rings (SSSR count).